The fourth-order valence-electron chi connectivity index (χ4n) is 6.78. The van der Waals surface area contributed by atoms with Crippen LogP contribution in [0.25, 0.3) is 0 Å². The molecule has 0 aromatic rings. The predicted molar refractivity (Wildman–Crippen MR) is 142 cm³/mol. The summed E-state index contributed by atoms with van der Waals surface area (Å²) in [5, 5.41) is 0. The molecule has 0 fully saturated rings. The summed E-state index contributed by atoms with van der Waals surface area (Å²) >= 11 is 0. The Kier molecular flexibility index (Phi) is 4.59. The van der Waals surface area contributed by atoms with E-state index < -0.39 is 0 Å². The van der Waals surface area contributed by atoms with Gasteiger partial charge in [0, 0.05) is 48.7 Å². The lowest BCUT2D eigenvalue weighted by molar-refractivity contribution is 0.522. The summed E-state index contributed by atoms with van der Waals surface area (Å²) in [6.45, 7) is 13.7. The second kappa shape index (κ2) is 7.25. The molecule has 174 valence electrons. The summed E-state index contributed by atoms with van der Waals surface area (Å²) in [7, 11) is 4.43. The Morgan fingerprint density at radius 1 is 0.588 bits per heavy atom. The molecule has 2 aliphatic heterocycles. The van der Waals surface area contributed by atoms with Gasteiger partial charge in [0.1, 0.15) is 0 Å². The van der Waals surface area contributed by atoms with Crippen molar-refractivity contribution in [3.05, 3.63) is 115 Å². The van der Waals surface area contributed by atoms with Crippen molar-refractivity contribution in [3.8, 4) is 0 Å². The monoisotopic (exact) mass is 448 g/mol. The van der Waals surface area contributed by atoms with E-state index in [1.807, 2.05) is 0 Å². The minimum atomic E-state index is 0.440. The molecule has 0 amide bonds. The zero-order valence-electron chi connectivity index (χ0n) is 21.9. The third-order valence-corrected chi connectivity index (χ3v) is 9.36. The van der Waals surface area contributed by atoms with E-state index in [1.165, 1.54) is 78.5 Å². The summed E-state index contributed by atoms with van der Waals surface area (Å²) in [5.74, 6) is 0.881. The minimum absolute atomic E-state index is 0.440. The molecule has 0 aromatic heterocycles. The maximum atomic E-state index is 2.49. The molecule has 6 rings (SSSR count). The summed E-state index contributed by atoms with van der Waals surface area (Å²) in [6, 6.07) is 0. The van der Waals surface area contributed by atoms with E-state index in [1.54, 1.807) is 0 Å². The van der Waals surface area contributed by atoms with Gasteiger partial charge in [-0.3, -0.25) is 0 Å². The number of fused-ring (bicyclic) bond motifs is 4. The van der Waals surface area contributed by atoms with E-state index in [-0.39, 0.29) is 0 Å². The molecule has 0 N–H and O–H groups in total. The SMILES string of the molecule is CC1=CC2=CC3C(=CC2=C1CCC1=C2C=C4C(C=C2C=C1C)C(C)=C(C)N4C)N(C)C(C)=C3C. The van der Waals surface area contributed by atoms with Gasteiger partial charge in [-0.05, 0) is 122 Å². The molecule has 0 saturated carbocycles. The summed E-state index contributed by atoms with van der Waals surface area (Å²) in [6.07, 6.45) is 16.9. The van der Waals surface area contributed by atoms with E-state index in [4.69, 9.17) is 0 Å². The van der Waals surface area contributed by atoms with Crippen molar-refractivity contribution < 1.29 is 0 Å². The smallest absolute Gasteiger partial charge is 0.0408 e. The van der Waals surface area contributed by atoms with Gasteiger partial charge in [-0.1, -0.05) is 24.3 Å². The first-order valence-electron chi connectivity index (χ1n) is 12.7. The van der Waals surface area contributed by atoms with Crippen LogP contribution in [0.5, 0.6) is 0 Å². The number of nitrogens with zero attached hydrogens (tertiary/aromatic N) is 2. The van der Waals surface area contributed by atoms with Crippen LogP contribution >= 0.6 is 0 Å². The molecule has 0 spiro atoms. The molecule has 34 heavy (non-hydrogen) atoms. The van der Waals surface area contributed by atoms with Gasteiger partial charge >= 0.3 is 0 Å². The largest absolute Gasteiger partial charge is 0.351 e. The quantitative estimate of drug-likeness (QED) is 0.438. The van der Waals surface area contributed by atoms with Crippen molar-refractivity contribution in [2.45, 2.75) is 54.4 Å². The Balaban J connectivity index is 1.33. The van der Waals surface area contributed by atoms with Crippen LogP contribution in [-0.4, -0.2) is 23.9 Å². The van der Waals surface area contributed by atoms with Crippen LogP contribution in [0.4, 0.5) is 0 Å². The van der Waals surface area contributed by atoms with Crippen LogP contribution in [0.1, 0.15) is 54.4 Å². The number of allylic oxidation sites excluding steroid dienone is 16. The molecule has 2 nitrogen and oxygen atoms in total. The highest BCUT2D eigenvalue weighted by atomic mass is 15.1. The normalized spacial score (nSPS) is 27.5. The Hall–Kier alpha value is -3.00. The maximum Gasteiger partial charge on any atom is 0.0408 e. The van der Waals surface area contributed by atoms with E-state index in [0.717, 1.165) is 12.8 Å². The lowest BCUT2D eigenvalue weighted by Gasteiger charge is -2.24. The molecule has 0 aromatic carbocycles. The molecule has 2 unspecified atom stereocenters. The lowest BCUT2D eigenvalue weighted by Crippen LogP contribution is -2.15. The maximum absolute atomic E-state index is 2.49. The van der Waals surface area contributed by atoms with Crippen molar-refractivity contribution >= 4 is 0 Å². The third-order valence-electron chi connectivity index (χ3n) is 9.36. The summed E-state index contributed by atoms with van der Waals surface area (Å²) in [4.78, 5) is 4.77. The van der Waals surface area contributed by atoms with E-state index >= 15 is 0 Å². The topological polar surface area (TPSA) is 6.48 Å². The highest BCUT2D eigenvalue weighted by Crippen LogP contribution is 2.48. The van der Waals surface area contributed by atoms with Crippen molar-refractivity contribution in [3.63, 3.8) is 0 Å². The molecule has 0 bridgehead atoms. The van der Waals surface area contributed by atoms with Gasteiger partial charge in [0.05, 0.1) is 0 Å². The van der Waals surface area contributed by atoms with Gasteiger partial charge in [-0.15, -0.1) is 0 Å². The molecule has 2 atom stereocenters. The molecule has 6 aliphatic rings. The van der Waals surface area contributed by atoms with Gasteiger partial charge < -0.3 is 9.80 Å². The molecule has 0 radical (unpaired) electrons. The molecule has 4 aliphatic carbocycles. The second-order valence-electron chi connectivity index (χ2n) is 10.9. The van der Waals surface area contributed by atoms with Crippen LogP contribution < -0.4 is 0 Å². The average molecular weight is 449 g/mol. The third kappa shape index (κ3) is 2.81. The first kappa shape index (κ1) is 21.5. The van der Waals surface area contributed by atoms with Crippen molar-refractivity contribution in [1.29, 1.82) is 0 Å². The number of hydrogen-bond acceptors (Lipinski definition) is 2. The minimum Gasteiger partial charge on any atom is -0.351 e. The van der Waals surface area contributed by atoms with Crippen molar-refractivity contribution in [2.24, 2.45) is 11.8 Å². The summed E-state index contributed by atoms with van der Waals surface area (Å²) in [5.41, 5.74) is 20.3. The van der Waals surface area contributed by atoms with E-state index in [2.05, 4.69) is 102 Å². The fraction of sp³-hybridized carbons (Fsp3) is 0.375. The lowest BCUT2D eigenvalue weighted by atomic mass is 9.86. The van der Waals surface area contributed by atoms with Crippen LogP contribution in [0.2, 0.25) is 0 Å². The van der Waals surface area contributed by atoms with Gasteiger partial charge in [0.15, 0.2) is 0 Å². The average Bonchev–Trinajstić information content (AvgIpc) is 3.43. The molecular formula is C32H36N2. The first-order chi connectivity index (χ1) is 16.2. The first-order valence-corrected chi connectivity index (χ1v) is 12.7. The fourth-order valence-corrected chi connectivity index (χ4v) is 6.78. The van der Waals surface area contributed by atoms with Crippen molar-refractivity contribution in [2.75, 3.05) is 14.1 Å². The highest BCUT2D eigenvalue weighted by Gasteiger charge is 2.35. The Labute approximate surface area is 205 Å². The van der Waals surface area contributed by atoms with Crippen LogP contribution in [0.3, 0.4) is 0 Å². The van der Waals surface area contributed by atoms with Crippen LogP contribution in [-0.2, 0) is 0 Å². The Bertz CT molecular complexity index is 1260. The van der Waals surface area contributed by atoms with Crippen LogP contribution in [0.15, 0.2) is 115 Å². The number of hydrogen-bond donors (Lipinski definition) is 0. The molecular weight excluding hydrogens is 412 g/mol. The Morgan fingerprint density at radius 2 is 0.971 bits per heavy atom. The van der Waals surface area contributed by atoms with E-state index in [9.17, 15) is 0 Å². The zero-order chi connectivity index (χ0) is 24.0. The standard InChI is InChI=1S/C32H36N2/c1-17-11-23-13-27-19(3)21(5)33(7)31(27)15-29(23)25(17)9-10-26-18(2)12-24-14-28-20(4)22(6)34(8)32(28)16-30(24)26/h11-16,27-28H,9-10H2,1-8H3. The van der Waals surface area contributed by atoms with Gasteiger partial charge in [-0.2, -0.15) is 0 Å². The van der Waals surface area contributed by atoms with Gasteiger partial charge in [-0.25, -0.2) is 0 Å². The van der Waals surface area contributed by atoms with E-state index in [0.29, 0.717) is 11.8 Å². The Morgan fingerprint density at radius 3 is 1.35 bits per heavy atom. The molecule has 0 saturated heterocycles. The summed E-state index contributed by atoms with van der Waals surface area (Å²) < 4.78 is 0. The van der Waals surface area contributed by atoms with Crippen molar-refractivity contribution in [1.82, 2.24) is 9.80 Å². The van der Waals surface area contributed by atoms with Crippen LogP contribution in [0, 0.1) is 11.8 Å². The number of rotatable bonds is 3. The molecule has 2 heteroatoms. The second-order valence-corrected chi connectivity index (χ2v) is 10.9. The molecule has 2 heterocycles. The zero-order valence-corrected chi connectivity index (χ0v) is 21.9. The predicted octanol–water partition coefficient (Wildman–Crippen LogP) is 7.64. The van der Waals surface area contributed by atoms with Gasteiger partial charge in [0.25, 0.3) is 0 Å². The highest BCUT2D eigenvalue weighted by molar-refractivity contribution is 5.69. The van der Waals surface area contributed by atoms with Gasteiger partial charge in [0.2, 0.25) is 0 Å².